The lowest BCUT2D eigenvalue weighted by molar-refractivity contribution is 0.0744. The number of nitrogens with zero attached hydrogens (tertiary/aromatic N) is 1. The first-order chi connectivity index (χ1) is 10.2. The smallest absolute Gasteiger partial charge is 0.261 e. The van der Waals surface area contributed by atoms with Gasteiger partial charge in [-0.25, -0.2) is 0 Å². The summed E-state index contributed by atoms with van der Waals surface area (Å²) in [5.41, 5.74) is 0.523. The van der Waals surface area contributed by atoms with Crippen molar-refractivity contribution in [3.63, 3.8) is 0 Å². The molecule has 21 heavy (non-hydrogen) atoms. The summed E-state index contributed by atoms with van der Waals surface area (Å²) in [6.07, 6.45) is 4.15. The zero-order valence-corrected chi connectivity index (χ0v) is 13.6. The molecule has 1 amide bonds. The van der Waals surface area contributed by atoms with Crippen LogP contribution in [0.15, 0.2) is 18.2 Å². The molecule has 0 aliphatic rings. The molecular weight excluding hydrogens is 266 g/mol. The minimum Gasteiger partial charge on any atom is -0.496 e. The summed E-state index contributed by atoms with van der Waals surface area (Å²) in [6, 6.07) is 5.43. The molecule has 4 heteroatoms. The van der Waals surface area contributed by atoms with E-state index in [2.05, 4.69) is 13.8 Å². The Morgan fingerprint density at radius 2 is 1.48 bits per heavy atom. The first-order valence-corrected chi connectivity index (χ1v) is 7.69. The molecule has 4 nitrogen and oxygen atoms in total. The number of methoxy groups -OCH3 is 2. The fourth-order valence-corrected chi connectivity index (χ4v) is 2.23. The molecule has 0 bridgehead atoms. The molecule has 1 aromatic rings. The number of ether oxygens (including phenoxy) is 2. The van der Waals surface area contributed by atoms with Gasteiger partial charge in [-0.15, -0.1) is 0 Å². The summed E-state index contributed by atoms with van der Waals surface area (Å²) >= 11 is 0. The van der Waals surface area contributed by atoms with Gasteiger partial charge in [0.1, 0.15) is 17.1 Å². The summed E-state index contributed by atoms with van der Waals surface area (Å²) in [4.78, 5) is 14.8. The second kappa shape index (κ2) is 9.27. The van der Waals surface area contributed by atoms with Crippen molar-refractivity contribution < 1.29 is 14.3 Å². The fourth-order valence-electron chi connectivity index (χ4n) is 2.23. The highest BCUT2D eigenvalue weighted by molar-refractivity contribution is 5.99. The summed E-state index contributed by atoms with van der Waals surface area (Å²) in [6.45, 7) is 5.81. The third-order valence-corrected chi connectivity index (χ3v) is 3.49. The van der Waals surface area contributed by atoms with Crippen molar-refractivity contribution in [1.82, 2.24) is 4.90 Å². The maximum absolute atomic E-state index is 12.9. The topological polar surface area (TPSA) is 38.8 Å². The highest BCUT2D eigenvalue weighted by Crippen LogP contribution is 2.29. The molecule has 0 fully saturated rings. The van der Waals surface area contributed by atoms with Gasteiger partial charge in [0.05, 0.1) is 14.2 Å². The van der Waals surface area contributed by atoms with E-state index >= 15 is 0 Å². The highest BCUT2D eigenvalue weighted by Gasteiger charge is 2.23. The van der Waals surface area contributed by atoms with Crippen molar-refractivity contribution in [1.29, 1.82) is 0 Å². The Morgan fingerprint density at radius 3 is 1.86 bits per heavy atom. The van der Waals surface area contributed by atoms with E-state index < -0.39 is 0 Å². The normalized spacial score (nSPS) is 10.3. The van der Waals surface area contributed by atoms with Crippen molar-refractivity contribution in [2.45, 2.75) is 39.5 Å². The molecule has 0 saturated heterocycles. The van der Waals surface area contributed by atoms with Gasteiger partial charge in [-0.3, -0.25) is 4.79 Å². The SMILES string of the molecule is CCCCN(CCCC)C(=O)c1c(OC)cccc1OC. The number of hydrogen-bond donors (Lipinski definition) is 0. The third-order valence-electron chi connectivity index (χ3n) is 3.49. The highest BCUT2D eigenvalue weighted by atomic mass is 16.5. The number of amides is 1. The predicted octanol–water partition coefficient (Wildman–Crippen LogP) is 3.75. The molecule has 1 aromatic carbocycles. The number of hydrogen-bond acceptors (Lipinski definition) is 3. The minimum absolute atomic E-state index is 0.00815. The Bertz CT molecular complexity index is 415. The maximum atomic E-state index is 12.9. The quantitative estimate of drug-likeness (QED) is 0.696. The number of unbranched alkanes of at least 4 members (excludes halogenated alkanes) is 2. The van der Waals surface area contributed by atoms with Gasteiger partial charge in [0.2, 0.25) is 0 Å². The van der Waals surface area contributed by atoms with Crippen molar-refractivity contribution in [2.75, 3.05) is 27.3 Å². The molecular formula is C17H27NO3. The molecule has 0 atom stereocenters. The Morgan fingerprint density at radius 1 is 1.00 bits per heavy atom. The monoisotopic (exact) mass is 293 g/mol. The summed E-state index contributed by atoms with van der Waals surface area (Å²) in [7, 11) is 3.15. The largest absolute Gasteiger partial charge is 0.496 e. The molecule has 0 radical (unpaired) electrons. The average molecular weight is 293 g/mol. The van der Waals surface area contributed by atoms with Crippen molar-refractivity contribution in [2.24, 2.45) is 0 Å². The molecule has 1 rings (SSSR count). The van der Waals surface area contributed by atoms with E-state index in [1.54, 1.807) is 26.4 Å². The van der Waals surface area contributed by atoms with Crippen LogP contribution in [-0.4, -0.2) is 38.1 Å². The first kappa shape index (κ1) is 17.3. The van der Waals surface area contributed by atoms with Crippen molar-refractivity contribution in [3.8, 4) is 11.5 Å². The molecule has 0 aromatic heterocycles. The van der Waals surface area contributed by atoms with Crippen molar-refractivity contribution in [3.05, 3.63) is 23.8 Å². The van der Waals surface area contributed by atoms with Gasteiger partial charge >= 0.3 is 0 Å². The number of carbonyl (C=O) groups excluding carboxylic acids is 1. The molecule has 0 saturated carbocycles. The second-order valence-electron chi connectivity index (χ2n) is 5.04. The lowest BCUT2D eigenvalue weighted by Gasteiger charge is -2.24. The summed E-state index contributed by atoms with van der Waals surface area (Å²) < 4.78 is 10.7. The van der Waals surface area contributed by atoms with Crippen LogP contribution >= 0.6 is 0 Å². The number of carbonyl (C=O) groups is 1. The number of rotatable bonds is 9. The van der Waals surface area contributed by atoms with Crippen LogP contribution in [0.2, 0.25) is 0 Å². The van der Waals surface area contributed by atoms with Crippen LogP contribution in [0.3, 0.4) is 0 Å². The van der Waals surface area contributed by atoms with Gasteiger partial charge in [0.25, 0.3) is 5.91 Å². The van der Waals surface area contributed by atoms with E-state index in [1.165, 1.54) is 0 Å². The Balaban J connectivity index is 3.06. The van der Waals surface area contributed by atoms with Crippen LogP contribution in [0.5, 0.6) is 11.5 Å². The van der Waals surface area contributed by atoms with Crippen LogP contribution in [0.4, 0.5) is 0 Å². The van der Waals surface area contributed by atoms with Gasteiger partial charge in [-0.1, -0.05) is 32.8 Å². The van der Waals surface area contributed by atoms with Crippen LogP contribution in [0, 0.1) is 0 Å². The lowest BCUT2D eigenvalue weighted by Crippen LogP contribution is -2.33. The van der Waals surface area contributed by atoms with Gasteiger partial charge in [-0.05, 0) is 25.0 Å². The van der Waals surface area contributed by atoms with Crippen LogP contribution < -0.4 is 9.47 Å². The van der Waals surface area contributed by atoms with Crippen LogP contribution in [0.1, 0.15) is 49.9 Å². The molecule has 0 unspecified atom stereocenters. The summed E-state index contributed by atoms with van der Waals surface area (Å²) in [5.74, 6) is 1.13. The molecule has 0 heterocycles. The van der Waals surface area contributed by atoms with Gasteiger partial charge in [0, 0.05) is 13.1 Å². The van der Waals surface area contributed by atoms with Gasteiger partial charge in [-0.2, -0.15) is 0 Å². The van der Waals surface area contributed by atoms with Crippen LogP contribution in [-0.2, 0) is 0 Å². The summed E-state index contributed by atoms with van der Waals surface area (Å²) in [5, 5.41) is 0. The average Bonchev–Trinajstić information content (AvgIpc) is 2.53. The van der Waals surface area contributed by atoms with Gasteiger partial charge < -0.3 is 14.4 Å². The molecule has 0 N–H and O–H groups in total. The minimum atomic E-state index is -0.00815. The lowest BCUT2D eigenvalue weighted by atomic mass is 10.1. The Hall–Kier alpha value is -1.71. The van der Waals surface area contributed by atoms with E-state index in [-0.39, 0.29) is 5.91 Å². The fraction of sp³-hybridized carbons (Fsp3) is 0.588. The zero-order valence-electron chi connectivity index (χ0n) is 13.6. The Kier molecular flexibility index (Phi) is 7.65. The zero-order chi connectivity index (χ0) is 15.7. The van der Waals surface area contributed by atoms with Crippen LogP contribution in [0.25, 0.3) is 0 Å². The van der Waals surface area contributed by atoms with E-state index in [1.807, 2.05) is 11.0 Å². The number of benzene rings is 1. The second-order valence-corrected chi connectivity index (χ2v) is 5.04. The molecule has 118 valence electrons. The molecule has 0 aliphatic carbocycles. The Labute approximate surface area is 128 Å². The molecule has 0 aliphatic heterocycles. The van der Waals surface area contributed by atoms with Gasteiger partial charge in [0.15, 0.2) is 0 Å². The van der Waals surface area contributed by atoms with E-state index in [4.69, 9.17) is 9.47 Å². The van der Waals surface area contributed by atoms with E-state index in [9.17, 15) is 4.79 Å². The first-order valence-electron chi connectivity index (χ1n) is 7.69. The molecule has 0 spiro atoms. The third kappa shape index (κ3) is 4.66. The van der Waals surface area contributed by atoms with E-state index in [0.29, 0.717) is 17.1 Å². The van der Waals surface area contributed by atoms with E-state index in [0.717, 1.165) is 38.8 Å². The maximum Gasteiger partial charge on any atom is 0.261 e. The predicted molar refractivity (Wildman–Crippen MR) is 85.3 cm³/mol. The van der Waals surface area contributed by atoms with Crippen molar-refractivity contribution >= 4 is 5.91 Å². The standard InChI is InChI=1S/C17H27NO3/c1-5-7-12-18(13-8-6-2)17(19)16-14(20-3)10-9-11-15(16)21-4/h9-11H,5-8,12-13H2,1-4H3.